The summed E-state index contributed by atoms with van der Waals surface area (Å²) < 4.78 is 25.7. The van der Waals surface area contributed by atoms with E-state index >= 15 is 0 Å². The summed E-state index contributed by atoms with van der Waals surface area (Å²) in [7, 11) is -0.543. The largest absolute Gasteiger partial charge is 0.345 e. The van der Waals surface area contributed by atoms with Gasteiger partial charge in [-0.1, -0.05) is 6.07 Å². The van der Waals surface area contributed by atoms with Crippen molar-refractivity contribution in [3.63, 3.8) is 0 Å². The van der Waals surface area contributed by atoms with Crippen LogP contribution in [0.4, 0.5) is 5.69 Å². The number of hydrogen-bond donors (Lipinski definition) is 4. The second-order valence-electron chi connectivity index (χ2n) is 4.87. The highest BCUT2D eigenvalue weighted by molar-refractivity contribution is 7.89. The lowest BCUT2D eigenvalue weighted by molar-refractivity contribution is -0.126. The molecule has 8 nitrogen and oxygen atoms in total. The normalized spacial score (nSPS) is 12.5. The van der Waals surface area contributed by atoms with Gasteiger partial charge >= 0.3 is 0 Å². The molecule has 4 N–H and O–H groups in total. The Morgan fingerprint density at radius 2 is 1.91 bits per heavy atom. The van der Waals surface area contributed by atoms with Crippen LogP contribution >= 0.6 is 0 Å². The number of rotatable bonds is 8. The zero-order valence-electron chi connectivity index (χ0n) is 13.3. The average Bonchev–Trinajstić information content (AvgIpc) is 2.53. The zero-order chi connectivity index (χ0) is 17.5. The lowest BCUT2D eigenvalue weighted by atomic mass is 10.2. The standard InChI is InChI=1S/C14H22N4O4S/c1-10(17-13(19)7-8-15-2)14(20)18-11-5-4-6-12(9-11)23(21,22)16-3/h4-6,9-10,15-16H,7-8H2,1-3H3,(H,17,19)(H,18,20). The summed E-state index contributed by atoms with van der Waals surface area (Å²) in [6.45, 7) is 2.07. The van der Waals surface area contributed by atoms with Crippen molar-refractivity contribution in [2.45, 2.75) is 24.3 Å². The molecule has 0 spiro atoms. The Kier molecular flexibility index (Phi) is 7.14. The van der Waals surface area contributed by atoms with E-state index in [0.29, 0.717) is 12.2 Å². The van der Waals surface area contributed by atoms with Crippen LogP contribution in [0.1, 0.15) is 13.3 Å². The van der Waals surface area contributed by atoms with Crippen LogP contribution in [-0.4, -0.2) is 46.9 Å². The summed E-state index contributed by atoms with van der Waals surface area (Å²) in [5.41, 5.74) is 0.336. The number of carbonyl (C=O) groups excluding carboxylic acids is 2. The summed E-state index contributed by atoms with van der Waals surface area (Å²) in [6, 6.07) is 5.13. The van der Waals surface area contributed by atoms with Crippen LogP contribution in [0, 0.1) is 0 Å². The molecular weight excluding hydrogens is 320 g/mol. The number of hydrogen-bond acceptors (Lipinski definition) is 5. The van der Waals surface area contributed by atoms with Crippen LogP contribution in [0.5, 0.6) is 0 Å². The molecule has 1 unspecified atom stereocenters. The molecule has 0 aliphatic carbocycles. The molecule has 0 bridgehead atoms. The van der Waals surface area contributed by atoms with Crippen molar-refractivity contribution in [3.05, 3.63) is 24.3 Å². The first-order chi connectivity index (χ1) is 10.8. The van der Waals surface area contributed by atoms with Gasteiger partial charge in [-0.05, 0) is 39.2 Å². The van der Waals surface area contributed by atoms with Gasteiger partial charge in [0.1, 0.15) is 6.04 Å². The van der Waals surface area contributed by atoms with E-state index in [1.807, 2.05) is 0 Å². The van der Waals surface area contributed by atoms with Gasteiger partial charge in [0.25, 0.3) is 0 Å². The lowest BCUT2D eigenvalue weighted by Crippen LogP contribution is -2.42. The second kappa shape index (κ2) is 8.61. The molecule has 9 heteroatoms. The summed E-state index contributed by atoms with van der Waals surface area (Å²) in [5, 5.41) is 7.99. The number of anilines is 1. The van der Waals surface area contributed by atoms with Gasteiger partial charge in [0.05, 0.1) is 4.90 Å². The number of benzene rings is 1. The molecule has 0 saturated heterocycles. The van der Waals surface area contributed by atoms with E-state index in [-0.39, 0.29) is 17.2 Å². The molecule has 1 aromatic rings. The van der Waals surface area contributed by atoms with E-state index < -0.39 is 22.0 Å². The molecule has 23 heavy (non-hydrogen) atoms. The number of amides is 2. The van der Waals surface area contributed by atoms with Crippen molar-refractivity contribution < 1.29 is 18.0 Å². The van der Waals surface area contributed by atoms with Gasteiger partial charge in [-0.25, -0.2) is 13.1 Å². The third kappa shape index (κ3) is 5.97. The molecule has 0 aliphatic heterocycles. The maximum absolute atomic E-state index is 12.0. The Hall–Kier alpha value is -1.97. The fourth-order valence-corrected chi connectivity index (χ4v) is 2.50. The fraction of sp³-hybridized carbons (Fsp3) is 0.429. The molecule has 0 aliphatic rings. The first kappa shape index (κ1) is 19.1. The highest BCUT2D eigenvalue weighted by atomic mass is 32.2. The third-order valence-corrected chi connectivity index (χ3v) is 4.47. The minimum Gasteiger partial charge on any atom is -0.345 e. The van der Waals surface area contributed by atoms with E-state index in [0.717, 1.165) is 0 Å². The van der Waals surface area contributed by atoms with Gasteiger partial charge in [0, 0.05) is 18.7 Å². The van der Waals surface area contributed by atoms with E-state index in [9.17, 15) is 18.0 Å². The minimum atomic E-state index is -3.58. The van der Waals surface area contributed by atoms with Crippen molar-refractivity contribution in [3.8, 4) is 0 Å². The summed E-state index contributed by atoms with van der Waals surface area (Å²) >= 11 is 0. The van der Waals surface area contributed by atoms with Crippen molar-refractivity contribution in [1.29, 1.82) is 0 Å². The van der Waals surface area contributed by atoms with Crippen LogP contribution in [0.3, 0.4) is 0 Å². The van der Waals surface area contributed by atoms with Crippen molar-refractivity contribution in [2.24, 2.45) is 0 Å². The molecule has 1 aromatic carbocycles. The Labute approximate surface area is 136 Å². The Morgan fingerprint density at radius 3 is 2.52 bits per heavy atom. The van der Waals surface area contributed by atoms with Gasteiger partial charge < -0.3 is 16.0 Å². The Morgan fingerprint density at radius 1 is 1.22 bits per heavy atom. The fourth-order valence-electron chi connectivity index (χ4n) is 1.73. The topological polar surface area (TPSA) is 116 Å². The quantitative estimate of drug-likeness (QED) is 0.515. The number of sulfonamides is 1. The molecular formula is C14H22N4O4S. The highest BCUT2D eigenvalue weighted by Crippen LogP contribution is 2.15. The zero-order valence-corrected chi connectivity index (χ0v) is 14.2. The molecule has 0 fully saturated rings. The van der Waals surface area contributed by atoms with E-state index in [1.165, 1.54) is 25.2 Å². The maximum atomic E-state index is 12.0. The van der Waals surface area contributed by atoms with Crippen LogP contribution < -0.4 is 20.7 Å². The molecule has 0 radical (unpaired) electrons. The van der Waals surface area contributed by atoms with Gasteiger partial charge in [-0.3, -0.25) is 9.59 Å². The van der Waals surface area contributed by atoms with Gasteiger partial charge in [0.15, 0.2) is 0 Å². The van der Waals surface area contributed by atoms with Gasteiger partial charge in [-0.2, -0.15) is 0 Å². The van der Waals surface area contributed by atoms with Gasteiger partial charge in [-0.15, -0.1) is 0 Å². The number of carbonyl (C=O) groups is 2. The summed E-state index contributed by atoms with van der Waals surface area (Å²) in [5.74, 6) is -0.671. The van der Waals surface area contributed by atoms with E-state index in [1.54, 1.807) is 20.0 Å². The minimum absolute atomic E-state index is 0.0449. The van der Waals surface area contributed by atoms with Crippen LogP contribution in [0.15, 0.2) is 29.2 Å². The lowest BCUT2D eigenvalue weighted by Gasteiger charge is -2.14. The molecule has 2 amide bonds. The summed E-state index contributed by atoms with van der Waals surface area (Å²) in [4.78, 5) is 23.7. The Balaban J connectivity index is 2.70. The molecule has 0 heterocycles. The van der Waals surface area contributed by atoms with Crippen molar-refractivity contribution >= 4 is 27.5 Å². The molecule has 128 valence electrons. The average molecular weight is 342 g/mol. The second-order valence-corrected chi connectivity index (χ2v) is 6.75. The third-order valence-electron chi connectivity index (χ3n) is 3.05. The van der Waals surface area contributed by atoms with Crippen LogP contribution in [0.25, 0.3) is 0 Å². The van der Waals surface area contributed by atoms with Crippen LogP contribution in [0.2, 0.25) is 0 Å². The Bertz CT molecular complexity index is 660. The first-order valence-corrected chi connectivity index (χ1v) is 8.57. The predicted octanol–water partition coefficient (Wildman–Crippen LogP) is -0.353. The smallest absolute Gasteiger partial charge is 0.246 e. The molecule has 0 aromatic heterocycles. The molecule has 1 rings (SSSR count). The van der Waals surface area contributed by atoms with E-state index in [2.05, 4.69) is 20.7 Å². The molecule has 1 atom stereocenters. The van der Waals surface area contributed by atoms with Crippen molar-refractivity contribution in [1.82, 2.24) is 15.4 Å². The predicted molar refractivity (Wildman–Crippen MR) is 87.5 cm³/mol. The SMILES string of the molecule is CNCCC(=O)NC(C)C(=O)Nc1cccc(S(=O)(=O)NC)c1. The highest BCUT2D eigenvalue weighted by Gasteiger charge is 2.17. The number of nitrogens with one attached hydrogen (secondary N) is 4. The maximum Gasteiger partial charge on any atom is 0.246 e. The van der Waals surface area contributed by atoms with Crippen molar-refractivity contribution in [2.75, 3.05) is 26.0 Å². The summed E-state index contributed by atoms with van der Waals surface area (Å²) in [6.07, 6.45) is 0.268. The first-order valence-electron chi connectivity index (χ1n) is 7.08. The van der Waals surface area contributed by atoms with Gasteiger partial charge in [0.2, 0.25) is 21.8 Å². The molecule has 0 saturated carbocycles. The van der Waals surface area contributed by atoms with Crippen LogP contribution in [-0.2, 0) is 19.6 Å². The monoisotopic (exact) mass is 342 g/mol. The van der Waals surface area contributed by atoms with E-state index in [4.69, 9.17) is 0 Å².